The molecule has 0 aliphatic rings. The van der Waals surface area contributed by atoms with Gasteiger partial charge in [-0.05, 0) is 28.1 Å². The minimum absolute atomic E-state index is 0.515. The molecule has 0 spiro atoms. The van der Waals surface area contributed by atoms with Gasteiger partial charge in [-0.3, -0.25) is 0 Å². The Kier molecular flexibility index (Phi) is 2.38. The fraction of sp³-hybridized carbons (Fsp3) is 0.200. The van der Waals surface area contributed by atoms with Gasteiger partial charge < -0.3 is 9.15 Å². The molecule has 2 aromatic rings. The summed E-state index contributed by atoms with van der Waals surface area (Å²) in [4.78, 5) is 0. The van der Waals surface area contributed by atoms with E-state index in [1.54, 1.807) is 7.11 Å². The molecule has 0 N–H and O–H groups in total. The number of hydrogen-bond donors (Lipinski definition) is 0. The van der Waals surface area contributed by atoms with Gasteiger partial charge in [-0.25, -0.2) is 0 Å². The lowest BCUT2D eigenvalue weighted by molar-refractivity contribution is 0.166. The summed E-state index contributed by atoms with van der Waals surface area (Å²) in [5.74, 6) is 0.851. The standard InChI is InChI=1S/C10H9BrO2/c1-12-6-8-5-7-3-2-4-9(11)10(7)13-8/h2-5H,6H2,1H3. The van der Waals surface area contributed by atoms with Gasteiger partial charge in [-0.2, -0.15) is 0 Å². The van der Waals surface area contributed by atoms with E-state index in [1.165, 1.54) is 0 Å². The first-order valence-electron chi connectivity index (χ1n) is 3.97. The highest BCUT2D eigenvalue weighted by Gasteiger charge is 2.05. The minimum atomic E-state index is 0.515. The van der Waals surface area contributed by atoms with Gasteiger partial charge in [0.1, 0.15) is 18.0 Å². The van der Waals surface area contributed by atoms with Gasteiger partial charge in [0.05, 0.1) is 4.47 Å². The van der Waals surface area contributed by atoms with Gasteiger partial charge in [0, 0.05) is 12.5 Å². The van der Waals surface area contributed by atoms with Crippen LogP contribution in [0.15, 0.2) is 33.2 Å². The number of benzene rings is 1. The Bertz CT molecular complexity index is 420. The molecule has 1 aromatic carbocycles. The Labute approximate surface area is 84.6 Å². The zero-order valence-corrected chi connectivity index (χ0v) is 8.80. The van der Waals surface area contributed by atoms with Gasteiger partial charge >= 0.3 is 0 Å². The molecule has 2 nitrogen and oxygen atoms in total. The maximum Gasteiger partial charge on any atom is 0.148 e. The zero-order valence-electron chi connectivity index (χ0n) is 7.21. The van der Waals surface area contributed by atoms with Crippen molar-refractivity contribution in [3.63, 3.8) is 0 Å². The van der Waals surface area contributed by atoms with E-state index in [0.717, 1.165) is 21.2 Å². The van der Waals surface area contributed by atoms with Gasteiger partial charge in [-0.1, -0.05) is 12.1 Å². The molecule has 0 unspecified atom stereocenters. The van der Waals surface area contributed by atoms with Crippen molar-refractivity contribution >= 4 is 26.9 Å². The largest absolute Gasteiger partial charge is 0.457 e. The van der Waals surface area contributed by atoms with Crippen molar-refractivity contribution in [1.29, 1.82) is 0 Å². The van der Waals surface area contributed by atoms with Gasteiger partial charge in [0.15, 0.2) is 0 Å². The van der Waals surface area contributed by atoms with Gasteiger partial charge in [-0.15, -0.1) is 0 Å². The van der Waals surface area contributed by atoms with Crippen LogP contribution in [0.3, 0.4) is 0 Å². The lowest BCUT2D eigenvalue weighted by Crippen LogP contribution is -1.81. The van der Waals surface area contributed by atoms with Crippen LogP contribution in [0.5, 0.6) is 0 Å². The fourth-order valence-corrected chi connectivity index (χ4v) is 1.76. The SMILES string of the molecule is COCc1cc2cccc(Br)c2o1. The molecule has 0 fully saturated rings. The summed E-state index contributed by atoms with van der Waals surface area (Å²) < 4.78 is 11.5. The van der Waals surface area contributed by atoms with Gasteiger partial charge in [0.2, 0.25) is 0 Å². The van der Waals surface area contributed by atoms with E-state index in [4.69, 9.17) is 9.15 Å². The molecule has 0 saturated heterocycles. The summed E-state index contributed by atoms with van der Waals surface area (Å²) in [7, 11) is 1.65. The van der Waals surface area contributed by atoms with Crippen LogP contribution in [-0.2, 0) is 11.3 Å². The van der Waals surface area contributed by atoms with Crippen LogP contribution in [0.2, 0.25) is 0 Å². The average molecular weight is 241 g/mol. The van der Waals surface area contributed by atoms with Crippen LogP contribution in [-0.4, -0.2) is 7.11 Å². The maximum absolute atomic E-state index is 5.57. The summed E-state index contributed by atoms with van der Waals surface area (Å²) in [6.07, 6.45) is 0. The number of fused-ring (bicyclic) bond motifs is 1. The number of halogens is 1. The van der Waals surface area contributed by atoms with Crippen molar-refractivity contribution in [2.24, 2.45) is 0 Å². The minimum Gasteiger partial charge on any atom is -0.457 e. The van der Waals surface area contributed by atoms with Crippen LogP contribution in [0.1, 0.15) is 5.76 Å². The number of para-hydroxylation sites is 1. The molecular formula is C10H9BrO2. The Morgan fingerprint density at radius 3 is 3.00 bits per heavy atom. The monoisotopic (exact) mass is 240 g/mol. The van der Waals surface area contributed by atoms with Gasteiger partial charge in [0.25, 0.3) is 0 Å². The Hall–Kier alpha value is -0.800. The topological polar surface area (TPSA) is 22.4 Å². The van der Waals surface area contributed by atoms with E-state index >= 15 is 0 Å². The van der Waals surface area contributed by atoms with E-state index in [2.05, 4.69) is 15.9 Å². The summed E-state index contributed by atoms with van der Waals surface area (Å²) in [6, 6.07) is 7.95. The Morgan fingerprint density at radius 1 is 1.46 bits per heavy atom. The maximum atomic E-state index is 5.57. The first kappa shape index (κ1) is 8.78. The van der Waals surface area contributed by atoms with Crippen molar-refractivity contribution in [2.75, 3.05) is 7.11 Å². The molecule has 0 bridgehead atoms. The lowest BCUT2D eigenvalue weighted by atomic mass is 10.2. The normalized spacial score (nSPS) is 10.9. The van der Waals surface area contributed by atoms with Crippen LogP contribution in [0.4, 0.5) is 0 Å². The predicted octanol–water partition coefficient (Wildman–Crippen LogP) is 3.34. The second kappa shape index (κ2) is 3.52. The zero-order chi connectivity index (χ0) is 9.26. The molecule has 1 aromatic heterocycles. The Morgan fingerprint density at radius 2 is 2.31 bits per heavy atom. The molecule has 0 aliphatic carbocycles. The Balaban J connectivity index is 2.55. The molecule has 0 amide bonds. The van der Waals surface area contributed by atoms with Crippen LogP contribution < -0.4 is 0 Å². The quantitative estimate of drug-likeness (QED) is 0.804. The highest BCUT2D eigenvalue weighted by Crippen LogP contribution is 2.26. The summed E-state index contributed by atoms with van der Waals surface area (Å²) in [6.45, 7) is 0.515. The summed E-state index contributed by atoms with van der Waals surface area (Å²) in [5.41, 5.74) is 0.884. The van der Waals surface area contributed by atoms with Crippen molar-refractivity contribution in [3.05, 3.63) is 34.5 Å². The first-order valence-corrected chi connectivity index (χ1v) is 4.76. The molecule has 0 aliphatic heterocycles. The summed E-state index contributed by atoms with van der Waals surface area (Å²) in [5, 5.41) is 1.10. The van der Waals surface area contributed by atoms with Crippen molar-refractivity contribution in [2.45, 2.75) is 6.61 Å². The first-order chi connectivity index (χ1) is 6.31. The third-order valence-electron chi connectivity index (χ3n) is 1.83. The number of methoxy groups -OCH3 is 1. The predicted molar refractivity (Wildman–Crippen MR) is 54.6 cm³/mol. The van der Waals surface area contributed by atoms with E-state index in [9.17, 15) is 0 Å². The molecule has 0 atom stereocenters. The van der Waals surface area contributed by atoms with Crippen molar-refractivity contribution in [1.82, 2.24) is 0 Å². The fourth-order valence-electron chi connectivity index (χ4n) is 1.29. The van der Waals surface area contributed by atoms with E-state index < -0.39 is 0 Å². The van der Waals surface area contributed by atoms with E-state index in [0.29, 0.717) is 6.61 Å². The molecule has 2 rings (SSSR count). The molecule has 0 radical (unpaired) electrons. The van der Waals surface area contributed by atoms with Crippen LogP contribution >= 0.6 is 15.9 Å². The molecule has 1 heterocycles. The molecular weight excluding hydrogens is 232 g/mol. The molecule has 3 heteroatoms. The van der Waals surface area contributed by atoms with E-state index in [-0.39, 0.29) is 0 Å². The third kappa shape index (κ3) is 1.62. The second-order valence-corrected chi connectivity index (χ2v) is 3.66. The number of hydrogen-bond acceptors (Lipinski definition) is 2. The van der Waals surface area contributed by atoms with E-state index in [1.807, 2.05) is 24.3 Å². The summed E-state index contributed by atoms with van der Waals surface area (Å²) >= 11 is 3.43. The smallest absolute Gasteiger partial charge is 0.148 e. The van der Waals surface area contributed by atoms with Crippen LogP contribution in [0, 0.1) is 0 Å². The molecule has 13 heavy (non-hydrogen) atoms. The highest BCUT2D eigenvalue weighted by molar-refractivity contribution is 9.10. The van der Waals surface area contributed by atoms with Crippen molar-refractivity contribution in [3.8, 4) is 0 Å². The van der Waals surface area contributed by atoms with Crippen LogP contribution in [0.25, 0.3) is 11.0 Å². The number of ether oxygens (including phenoxy) is 1. The average Bonchev–Trinajstić information content (AvgIpc) is 2.49. The van der Waals surface area contributed by atoms with Crippen molar-refractivity contribution < 1.29 is 9.15 Å². The number of rotatable bonds is 2. The lowest BCUT2D eigenvalue weighted by Gasteiger charge is -1.91. The highest BCUT2D eigenvalue weighted by atomic mass is 79.9. The molecule has 68 valence electrons. The number of furan rings is 1. The molecule has 0 saturated carbocycles. The third-order valence-corrected chi connectivity index (χ3v) is 2.46. The second-order valence-electron chi connectivity index (χ2n) is 2.80.